The van der Waals surface area contributed by atoms with Crippen LogP contribution in [0.5, 0.6) is 0 Å². The summed E-state index contributed by atoms with van der Waals surface area (Å²) in [5, 5.41) is 10.1. The number of aromatic nitrogens is 2. The first kappa shape index (κ1) is 23.6. The number of hydrogen-bond donors (Lipinski definition) is 2. The fourth-order valence-electron chi connectivity index (χ4n) is 2.44. The quantitative estimate of drug-likeness (QED) is 0.259. The van der Waals surface area contributed by atoms with E-state index in [1.54, 1.807) is 18.2 Å². The van der Waals surface area contributed by atoms with Gasteiger partial charge in [0.1, 0.15) is 0 Å². The molecule has 1 heterocycles. The molecule has 0 spiro atoms. The second-order valence-corrected chi connectivity index (χ2v) is 9.72. The van der Waals surface area contributed by atoms with Gasteiger partial charge < -0.3 is 4.74 Å². The monoisotopic (exact) mass is 494 g/mol. The number of benzene rings is 2. The summed E-state index contributed by atoms with van der Waals surface area (Å²) >= 11 is 6.67. The average Bonchev–Trinajstić information content (AvgIpc) is 3.24. The van der Waals surface area contributed by atoms with Gasteiger partial charge in [0.15, 0.2) is 0 Å². The third-order valence-corrected chi connectivity index (χ3v) is 7.00. The van der Waals surface area contributed by atoms with Gasteiger partial charge in [-0.25, -0.2) is 4.79 Å². The number of sulfonamides is 1. The van der Waals surface area contributed by atoms with Crippen molar-refractivity contribution < 1.29 is 22.7 Å². The zero-order valence-corrected chi connectivity index (χ0v) is 19.3. The summed E-state index contributed by atoms with van der Waals surface area (Å²) < 4.78 is 32.3. The van der Waals surface area contributed by atoms with Crippen LogP contribution in [0.25, 0.3) is 0 Å². The normalized spacial score (nSPS) is 11.1. The maximum absolute atomic E-state index is 12.6. The third-order valence-electron chi connectivity index (χ3n) is 4.08. The van der Waals surface area contributed by atoms with Crippen LogP contribution in [0.4, 0.5) is 10.8 Å². The van der Waals surface area contributed by atoms with Crippen molar-refractivity contribution in [1.82, 2.24) is 10.2 Å². The van der Waals surface area contributed by atoms with Crippen LogP contribution >= 0.6 is 22.9 Å². The van der Waals surface area contributed by atoms with Crippen molar-refractivity contribution in [2.24, 2.45) is 0 Å². The predicted molar refractivity (Wildman–Crippen MR) is 122 cm³/mol. The summed E-state index contributed by atoms with van der Waals surface area (Å²) in [6.07, 6.45) is 1.68. The molecule has 0 bridgehead atoms. The van der Waals surface area contributed by atoms with E-state index in [1.807, 2.05) is 6.92 Å². The number of hydrogen-bond acceptors (Lipinski definition) is 8. The van der Waals surface area contributed by atoms with E-state index in [9.17, 15) is 18.0 Å². The minimum Gasteiger partial charge on any atom is -0.462 e. The molecule has 2 aromatic carbocycles. The Hall–Kier alpha value is -3.02. The molecule has 12 heteroatoms. The molecule has 1 aromatic heterocycles. The standard InChI is InChI=1S/C20H19ClN4O5S2/c1-2-3-12-30-18(27)13-8-10-14(11-9-13)25-32(28,29)20-24-23-19(31-20)22-17(26)15-6-4-5-7-16(15)21/h4-11,25H,2-3,12H2,1H3,(H,22,23,26). The van der Waals surface area contributed by atoms with Crippen molar-refractivity contribution in [1.29, 1.82) is 0 Å². The number of nitrogens with one attached hydrogen (secondary N) is 2. The van der Waals surface area contributed by atoms with Gasteiger partial charge in [0.25, 0.3) is 20.3 Å². The van der Waals surface area contributed by atoms with E-state index >= 15 is 0 Å². The van der Waals surface area contributed by atoms with Crippen molar-refractivity contribution in [2.75, 3.05) is 16.6 Å². The van der Waals surface area contributed by atoms with Crippen LogP contribution in [0, 0.1) is 0 Å². The molecule has 0 saturated heterocycles. The summed E-state index contributed by atoms with van der Waals surface area (Å²) in [4.78, 5) is 24.2. The fourth-order valence-corrected chi connectivity index (χ4v) is 4.62. The van der Waals surface area contributed by atoms with E-state index in [0.29, 0.717) is 23.5 Å². The molecule has 0 saturated carbocycles. The van der Waals surface area contributed by atoms with Crippen LogP contribution in [-0.4, -0.2) is 37.1 Å². The molecule has 3 aromatic rings. The molecule has 0 aliphatic heterocycles. The molecule has 0 aliphatic rings. The number of rotatable bonds is 9. The number of halogens is 1. The lowest BCUT2D eigenvalue weighted by molar-refractivity contribution is 0.0499. The van der Waals surface area contributed by atoms with Gasteiger partial charge in [-0.15, -0.1) is 10.2 Å². The summed E-state index contributed by atoms with van der Waals surface area (Å²) in [5.41, 5.74) is 0.761. The van der Waals surface area contributed by atoms with Crippen molar-refractivity contribution in [3.63, 3.8) is 0 Å². The van der Waals surface area contributed by atoms with Gasteiger partial charge in [0, 0.05) is 5.69 Å². The average molecular weight is 495 g/mol. The van der Waals surface area contributed by atoms with Gasteiger partial charge in [0.2, 0.25) is 5.13 Å². The van der Waals surface area contributed by atoms with Crippen LogP contribution in [0.1, 0.15) is 40.5 Å². The number of amides is 1. The molecule has 0 aliphatic carbocycles. The molecule has 0 radical (unpaired) electrons. The Labute approximate surface area is 193 Å². The van der Waals surface area contributed by atoms with Crippen LogP contribution < -0.4 is 10.0 Å². The lowest BCUT2D eigenvalue weighted by Crippen LogP contribution is -2.13. The lowest BCUT2D eigenvalue weighted by Gasteiger charge is -2.07. The first-order valence-electron chi connectivity index (χ1n) is 9.49. The van der Waals surface area contributed by atoms with Crippen LogP contribution in [0.2, 0.25) is 5.02 Å². The van der Waals surface area contributed by atoms with Crippen molar-refractivity contribution >= 4 is 55.7 Å². The SMILES string of the molecule is CCCCOC(=O)c1ccc(NS(=O)(=O)c2nnc(NC(=O)c3ccccc3Cl)s2)cc1. The molecule has 3 rings (SSSR count). The minimum absolute atomic E-state index is 0.000433. The maximum atomic E-state index is 12.6. The Kier molecular flexibility index (Phi) is 7.78. The number of carbonyl (C=O) groups is 2. The van der Waals surface area contributed by atoms with E-state index < -0.39 is 21.9 Å². The number of nitrogens with zero attached hydrogens (tertiary/aromatic N) is 2. The van der Waals surface area contributed by atoms with Crippen LogP contribution in [0.3, 0.4) is 0 Å². The number of anilines is 2. The highest BCUT2D eigenvalue weighted by Gasteiger charge is 2.22. The fraction of sp³-hybridized carbons (Fsp3) is 0.200. The number of esters is 1. The van der Waals surface area contributed by atoms with E-state index in [4.69, 9.17) is 16.3 Å². The smallest absolute Gasteiger partial charge is 0.338 e. The minimum atomic E-state index is -4.05. The molecule has 0 atom stereocenters. The highest BCUT2D eigenvalue weighted by molar-refractivity contribution is 7.94. The Morgan fingerprint density at radius 3 is 2.50 bits per heavy atom. The second kappa shape index (κ2) is 10.5. The maximum Gasteiger partial charge on any atom is 0.338 e. The number of carbonyl (C=O) groups excluding carboxylic acids is 2. The van der Waals surface area contributed by atoms with Crippen molar-refractivity contribution in [3.05, 3.63) is 64.7 Å². The van der Waals surface area contributed by atoms with Crippen molar-refractivity contribution in [2.45, 2.75) is 24.1 Å². The van der Waals surface area contributed by atoms with Gasteiger partial charge in [-0.05, 0) is 42.8 Å². The third kappa shape index (κ3) is 6.02. The lowest BCUT2D eigenvalue weighted by atomic mass is 10.2. The highest BCUT2D eigenvalue weighted by atomic mass is 35.5. The first-order chi connectivity index (χ1) is 15.3. The zero-order valence-electron chi connectivity index (χ0n) is 16.9. The summed E-state index contributed by atoms with van der Waals surface area (Å²) in [5.74, 6) is -1.01. The Morgan fingerprint density at radius 1 is 1.09 bits per heavy atom. The molecule has 9 nitrogen and oxygen atoms in total. The van der Waals surface area contributed by atoms with Crippen LogP contribution in [-0.2, 0) is 14.8 Å². The van der Waals surface area contributed by atoms with Gasteiger partial charge in [-0.2, -0.15) is 8.42 Å². The molecule has 0 unspecified atom stereocenters. The van der Waals surface area contributed by atoms with E-state index in [1.165, 1.54) is 30.3 Å². The van der Waals surface area contributed by atoms with E-state index in [-0.39, 0.29) is 25.7 Å². The predicted octanol–water partition coefficient (Wildman–Crippen LogP) is 4.20. The van der Waals surface area contributed by atoms with Gasteiger partial charge in [-0.1, -0.05) is 48.4 Å². The summed E-state index contributed by atoms with van der Waals surface area (Å²) in [7, 11) is -4.05. The number of ether oxygens (including phenoxy) is 1. The Bertz CT molecular complexity index is 1210. The molecule has 1 amide bonds. The Balaban J connectivity index is 1.65. The molecule has 2 N–H and O–H groups in total. The van der Waals surface area contributed by atoms with E-state index in [2.05, 4.69) is 20.2 Å². The topological polar surface area (TPSA) is 127 Å². The van der Waals surface area contributed by atoms with Gasteiger partial charge in [-0.3, -0.25) is 14.8 Å². The van der Waals surface area contributed by atoms with Gasteiger partial charge in [0.05, 0.1) is 22.8 Å². The first-order valence-corrected chi connectivity index (χ1v) is 12.2. The summed E-state index contributed by atoms with van der Waals surface area (Å²) in [6.45, 7) is 2.32. The second-order valence-electron chi connectivity index (χ2n) is 6.48. The molecule has 0 fully saturated rings. The van der Waals surface area contributed by atoms with Gasteiger partial charge >= 0.3 is 5.97 Å². The summed E-state index contributed by atoms with van der Waals surface area (Å²) in [6, 6.07) is 12.2. The molecule has 32 heavy (non-hydrogen) atoms. The largest absolute Gasteiger partial charge is 0.462 e. The highest BCUT2D eigenvalue weighted by Crippen LogP contribution is 2.24. The zero-order chi connectivity index (χ0) is 23.1. The molecular weight excluding hydrogens is 476 g/mol. The van der Waals surface area contributed by atoms with E-state index in [0.717, 1.165) is 12.8 Å². The molecule has 168 valence electrons. The number of unbranched alkanes of at least 4 members (excludes halogenated alkanes) is 1. The van der Waals surface area contributed by atoms with Crippen LogP contribution in [0.15, 0.2) is 52.9 Å². The Morgan fingerprint density at radius 2 is 1.81 bits per heavy atom. The molecular formula is C20H19ClN4O5S2. The van der Waals surface area contributed by atoms with Crippen molar-refractivity contribution in [3.8, 4) is 0 Å².